The topological polar surface area (TPSA) is 34.1 Å². The van der Waals surface area contributed by atoms with Crippen molar-refractivity contribution in [3.63, 3.8) is 0 Å². The molecule has 0 spiro atoms. The molecule has 0 aliphatic carbocycles. The Kier molecular flexibility index (Phi) is 4.44. The minimum atomic E-state index is 0.286. The van der Waals surface area contributed by atoms with Crippen LogP contribution in [0.25, 0.3) is 0 Å². The quantitative estimate of drug-likeness (QED) is 0.863. The zero-order valence-corrected chi connectivity index (χ0v) is 9.91. The van der Waals surface area contributed by atoms with Crippen molar-refractivity contribution in [3.8, 4) is 0 Å². The van der Waals surface area contributed by atoms with Crippen molar-refractivity contribution in [1.82, 2.24) is 4.98 Å². The monoisotopic (exact) mass is 292 g/mol. The molecule has 1 unspecified atom stereocenters. The largest absolute Gasteiger partial charge is 0.383 e. The van der Waals surface area contributed by atoms with Gasteiger partial charge in [-0.15, -0.1) is 0 Å². The number of anilines is 1. The molecule has 0 aliphatic rings. The van der Waals surface area contributed by atoms with Crippen LogP contribution in [0.1, 0.15) is 6.92 Å². The lowest BCUT2D eigenvalue weighted by atomic mass is 10.3. The highest BCUT2D eigenvalue weighted by atomic mass is 127. The summed E-state index contributed by atoms with van der Waals surface area (Å²) in [5, 5.41) is 3.27. The molecule has 4 heteroatoms. The van der Waals surface area contributed by atoms with Crippen LogP contribution in [0.3, 0.4) is 0 Å². The van der Waals surface area contributed by atoms with Crippen molar-refractivity contribution in [2.45, 2.75) is 13.0 Å². The molecule has 72 valence electrons. The van der Waals surface area contributed by atoms with E-state index in [4.69, 9.17) is 4.74 Å². The highest BCUT2D eigenvalue weighted by Gasteiger charge is 2.04. The fourth-order valence-corrected chi connectivity index (χ4v) is 1.52. The fraction of sp³-hybridized carbons (Fsp3) is 0.444. The van der Waals surface area contributed by atoms with E-state index in [9.17, 15) is 0 Å². The van der Waals surface area contributed by atoms with E-state index < -0.39 is 0 Å². The fourth-order valence-electron chi connectivity index (χ4n) is 1.02. The normalized spacial score (nSPS) is 12.5. The van der Waals surface area contributed by atoms with E-state index in [0.717, 1.165) is 9.39 Å². The Bertz CT molecular complexity index is 268. The molecule has 1 heterocycles. The molecule has 13 heavy (non-hydrogen) atoms. The molecular weight excluding hydrogens is 279 g/mol. The standard InChI is InChI=1S/C9H13IN2O/c1-7(6-13-2)12-9-8(10)4-3-5-11-9/h3-5,7H,6H2,1-2H3,(H,11,12). The number of hydrogen-bond donors (Lipinski definition) is 1. The van der Waals surface area contributed by atoms with Gasteiger partial charge in [-0.05, 0) is 41.6 Å². The van der Waals surface area contributed by atoms with E-state index in [1.807, 2.05) is 12.1 Å². The Balaban J connectivity index is 2.58. The van der Waals surface area contributed by atoms with Crippen molar-refractivity contribution in [2.75, 3.05) is 19.0 Å². The molecule has 1 atom stereocenters. The van der Waals surface area contributed by atoms with Crippen LogP contribution in [0.2, 0.25) is 0 Å². The van der Waals surface area contributed by atoms with Gasteiger partial charge in [-0.2, -0.15) is 0 Å². The number of ether oxygens (including phenoxy) is 1. The highest BCUT2D eigenvalue weighted by Crippen LogP contribution is 2.14. The zero-order valence-electron chi connectivity index (χ0n) is 7.75. The maximum atomic E-state index is 5.02. The Morgan fingerprint density at radius 3 is 3.08 bits per heavy atom. The number of nitrogens with zero attached hydrogens (tertiary/aromatic N) is 1. The Hall–Kier alpha value is -0.360. The molecule has 1 N–H and O–H groups in total. The summed E-state index contributed by atoms with van der Waals surface area (Å²) in [6.07, 6.45) is 1.78. The molecule has 1 aromatic rings. The van der Waals surface area contributed by atoms with Crippen LogP contribution >= 0.6 is 22.6 Å². The maximum absolute atomic E-state index is 5.02. The SMILES string of the molecule is COCC(C)Nc1ncccc1I. The molecule has 0 aromatic carbocycles. The van der Waals surface area contributed by atoms with E-state index in [1.54, 1.807) is 13.3 Å². The first-order chi connectivity index (χ1) is 6.24. The number of methoxy groups -OCH3 is 1. The van der Waals surface area contributed by atoms with E-state index in [-0.39, 0.29) is 6.04 Å². The smallest absolute Gasteiger partial charge is 0.139 e. The van der Waals surface area contributed by atoms with Crippen LogP contribution in [0.4, 0.5) is 5.82 Å². The molecule has 1 rings (SSSR count). The van der Waals surface area contributed by atoms with Crippen molar-refractivity contribution in [2.24, 2.45) is 0 Å². The molecule has 0 bridgehead atoms. The van der Waals surface area contributed by atoms with Crippen molar-refractivity contribution < 1.29 is 4.74 Å². The molecule has 1 aromatic heterocycles. The predicted molar refractivity (Wildman–Crippen MR) is 61.9 cm³/mol. The van der Waals surface area contributed by atoms with E-state index in [0.29, 0.717) is 6.61 Å². The Morgan fingerprint density at radius 1 is 1.69 bits per heavy atom. The van der Waals surface area contributed by atoms with Gasteiger partial charge in [-0.3, -0.25) is 0 Å². The Labute approximate surface area is 92.0 Å². The number of aromatic nitrogens is 1. The summed E-state index contributed by atoms with van der Waals surface area (Å²) in [6.45, 7) is 2.75. The second-order valence-electron chi connectivity index (χ2n) is 2.83. The highest BCUT2D eigenvalue weighted by molar-refractivity contribution is 14.1. The number of rotatable bonds is 4. The van der Waals surface area contributed by atoms with Crippen LogP contribution in [0.5, 0.6) is 0 Å². The third-order valence-corrected chi connectivity index (χ3v) is 2.43. The molecular formula is C9H13IN2O. The van der Waals surface area contributed by atoms with Gasteiger partial charge < -0.3 is 10.1 Å². The Morgan fingerprint density at radius 2 is 2.46 bits per heavy atom. The summed E-state index contributed by atoms with van der Waals surface area (Å²) in [5.41, 5.74) is 0. The summed E-state index contributed by atoms with van der Waals surface area (Å²) in [5.74, 6) is 0.924. The number of hydrogen-bond acceptors (Lipinski definition) is 3. The maximum Gasteiger partial charge on any atom is 0.139 e. The molecule has 0 amide bonds. The summed E-state index contributed by atoms with van der Waals surface area (Å²) in [6, 6.07) is 4.23. The van der Waals surface area contributed by atoms with Crippen molar-refractivity contribution >= 4 is 28.4 Å². The average Bonchev–Trinajstić information content (AvgIpc) is 2.09. The molecule has 0 saturated carbocycles. The molecule has 0 aliphatic heterocycles. The molecule has 3 nitrogen and oxygen atoms in total. The van der Waals surface area contributed by atoms with Crippen LogP contribution < -0.4 is 5.32 Å². The zero-order chi connectivity index (χ0) is 9.68. The number of nitrogens with one attached hydrogen (secondary N) is 1. The van der Waals surface area contributed by atoms with Crippen LogP contribution in [-0.4, -0.2) is 24.7 Å². The van der Waals surface area contributed by atoms with Gasteiger partial charge in [0.2, 0.25) is 0 Å². The van der Waals surface area contributed by atoms with Gasteiger partial charge in [0.05, 0.1) is 10.2 Å². The first-order valence-electron chi connectivity index (χ1n) is 4.10. The molecule has 0 fully saturated rings. The van der Waals surface area contributed by atoms with Gasteiger partial charge in [0.25, 0.3) is 0 Å². The van der Waals surface area contributed by atoms with Gasteiger partial charge in [0.15, 0.2) is 0 Å². The minimum absolute atomic E-state index is 0.286. The first-order valence-corrected chi connectivity index (χ1v) is 5.18. The molecule has 0 radical (unpaired) electrons. The van der Waals surface area contributed by atoms with Crippen molar-refractivity contribution in [3.05, 3.63) is 21.9 Å². The minimum Gasteiger partial charge on any atom is -0.383 e. The van der Waals surface area contributed by atoms with Crippen LogP contribution in [0, 0.1) is 3.57 Å². The third-order valence-electron chi connectivity index (χ3n) is 1.56. The van der Waals surface area contributed by atoms with Crippen LogP contribution in [-0.2, 0) is 4.74 Å². The summed E-state index contributed by atoms with van der Waals surface area (Å²) in [4.78, 5) is 4.23. The second-order valence-corrected chi connectivity index (χ2v) is 4.00. The predicted octanol–water partition coefficient (Wildman–Crippen LogP) is 2.13. The van der Waals surface area contributed by atoms with Gasteiger partial charge in [-0.1, -0.05) is 0 Å². The number of halogens is 1. The lowest BCUT2D eigenvalue weighted by Gasteiger charge is -2.13. The van der Waals surface area contributed by atoms with E-state index >= 15 is 0 Å². The number of pyridine rings is 1. The summed E-state index contributed by atoms with van der Waals surface area (Å²) < 4.78 is 6.15. The first kappa shape index (κ1) is 10.7. The van der Waals surface area contributed by atoms with Crippen LogP contribution in [0.15, 0.2) is 18.3 Å². The van der Waals surface area contributed by atoms with Gasteiger partial charge in [0, 0.05) is 19.3 Å². The lowest BCUT2D eigenvalue weighted by molar-refractivity contribution is 0.190. The third kappa shape index (κ3) is 3.48. The van der Waals surface area contributed by atoms with Gasteiger partial charge >= 0.3 is 0 Å². The summed E-state index contributed by atoms with van der Waals surface area (Å²) in [7, 11) is 1.70. The van der Waals surface area contributed by atoms with Crippen molar-refractivity contribution in [1.29, 1.82) is 0 Å². The van der Waals surface area contributed by atoms with E-state index in [2.05, 4.69) is 39.8 Å². The molecule has 0 saturated heterocycles. The van der Waals surface area contributed by atoms with Gasteiger partial charge in [-0.25, -0.2) is 4.98 Å². The lowest BCUT2D eigenvalue weighted by Crippen LogP contribution is -2.21. The second kappa shape index (κ2) is 5.39. The summed E-state index contributed by atoms with van der Waals surface area (Å²) >= 11 is 2.26. The van der Waals surface area contributed by atoms with Gasteiger partial charge in [0.1, 0.15) is 5.82 Å². The van der Waals surface area contributed by atoms with E-state index in [1.165, 1.54) is 0 Å². The average molecular weight is 292 g/mol.